The maximum atomic E-state index is 13.3. The number of rotatable bonds is 6. The molecule has 1 aliphatic carbocycles. The van der Waals surface area contributed by atoms with E-state index in [0.717, 1.165) is 0 Å². The van der Waals surface area contributed by atoms with Crippen molar-refractivity contribution < 1.29 is 21.9 Å². The molecule has 2 aromatic heterocycles. The summed E-state index contributed by atoms with van der Waals surface area (Å²) in [4.78, 5) is 2.05. The molecular formula is C20H20F2N8O3S2. The Hall–Kier alpha value is -2.77. The zero-order valence-corrected chi connectivity index (χ0v) is 19.8. The fourth-order valence-corrected chi connectivity index (χ4v) is 6.61. The molecule has 3 fully saturated rings. The fourth-order valence-electron chi connectivity index (χ4n) is 4.53. The van der Waals surface area contributed by atoms with Crippen LogP contribution >= 0.6 is 11.3 Å². The molecule has 0 spiro atoms. The van der Waals surface area contributed by atoms with E-state index in [1.807, 2.05) is 6.07 Å². The number of halogens is 2. The molecule has 2 atom stereocenters. The van der Waals surface area contributed by atoms with Gasteiger partial charge in [0.1, 0.15) is 5.54 Å². The van der Waals surface area contributed by atoms with E-state index in [9.17, 15) is 22.5 Å². The number of piperazine rings is 1. The first-order valence-electron chi connectivity index (χ1n) is 10.9. The average Bonchev–Trinajstić information content (AvgIpc) is 3.22. The molecule has 2 N–H and O–H groups in total. The summed E-state index contributed by atoms with van der Waals surface area (Å²) in [5.74, 6) is 0. The summed E-state index contributed by atoms with van der Waals surface area (Å²) in [5.41, 5.74) is -0.0577. The van der Waals surface area contributed by atoms with Crippen molar-refractivity contribution >= 4 is 38.0 Å². The van der Waals surface area contributed by atoms with E-state index in [0.29, 0.717) is 67.1 Å². The van der Waals surface area contributed by atoms with E-state index in [2.05, 4.69) is 30.2 Å². The van der Waals surface area contributed by atoms with Crippen molar-refractivity contribution in [3.8, 4) is 11.2 Å². The van der Waals surface area contributed by atoms with E-state index in [1.54, 1.807) is 12.3 Å². The van der Waals surface area contributed by atoms with Gasteiger partial charge in [-0.05, 0) is 25.0 Å². The lowest BCUT2D eigenvalue weighted by Gasteiger charge is -2.43. The van der Waals surface area contributed by atoms with Gasteiger partial charge >= 0.3 is 0 Å². The number of ether oxygens (including phenoxy) is 1. The van der Waals surface area contributed by atoms with Crippen molar-refractivity contribution in [3.05, 3.63) is 23.3 Å². The first-order chi connectivity index (χ1) is 16.8. The molecule has 2 saturated heterocycles. The molecule has 1 saturated carbocycles. The van der Waals surface area contributed by atoms with Crippen molar-refractivity contribution in [2.75, 3.05) is 31.2 Å². The van der Waals surface area contributed by atoms with Crippen LogP contribution in [0.4, 0.5) is 14.5 Å². The Balaban J connectivity index is 1.49. The maximum Gasteiger partial charge on any atom is 0.291 e. The number of morpholine rings is 1. The third kappa shape index (κ3) is 4.04. The van der Waals surface area contributed by atoms with Crippen LogP contribution in [0.25, 0.3) is 16.0 Å². The lowest BCUT2D eigenvalue weighted by Crippen LogP contribution is -2.62. The number of sulfonamides is 1. The van der Waals surface area contributed by atoms with Crippen LogP contribution in [0, 0.1) is 11.3 Å². The van der Waals surface area contributed by atoms with Crippen molar-refractivity contribution in [2.24, 2.45) is 0 Å². The zero-order valence-electron chi connectivity index (χ0n) is 18.2. The number of nitrogens with zero attached hydrogens (tertiary/aromatic N) is 6. The molecule has 6 rings (SSSR count). The molecule has 0 unspecified atom stereocenters. The second-order valence-electron chi connectivity index (χ2n) is 8.96. The smallest absolute Gasteiger partial charge is 0.291 e. The molecule has 3 aromatic rings. The van der Waals surface area contributed by atoms with E-state index in [1.165, 1.54) is 10.7 Å². The highest BCUT2D eigenvalue weighted by molar-refractivity contribution is 7.89. The van der Waals surface area contributed by atoms with Gasteiger partial charge in [0.05, 0.1) is 35.9 Å². The molecule has 2 bridgehead atoms. The summed E-state index contributed by atoms with van der Waals surface area (Å²) in [5, 5.41) is 24.9. The fraction of sp³-hybridized carbons (Fsp3) is 0.500. The highest BCUT2D eigenvalue weighted by Gasteiger charge is 2.47. The van der Waals surface area contributed by atoms with Gasteiger partial charge in [-0.25, -0.2) is 21.9 Å². The lowest BCUT2D eigenvalue weighted by molar-refractivity contribution is 0.0376. The molecule has 0 amide bonds. The topological polar surface area (TPSA) is 138 Å². The number of benzene rings is 1. The molecule has 184 valence electrons. The van der Waals surface area contributed by atoms with Crippen LogP contribution in [0.5, 0.6) is 0 Å². The average molecular weight is 523 g/mol. The molecule has 3 aliphatic rings. The summed E-state index contributed by atoms with van der Waals surface area (Å²) in [6, 6.07) is 5.21. The number of alkyl halides is 2. The Morgan fingerprint density at radius 1 is 1.26 bits per heavy atom. The Bertz CT molecular complexity index is 1430. The minimum Gasteiger partial charge on any atom is -0.378 e. The molecule has 0 radical (unpaired) electrons. The summed E-state index contributed by atoms with van der Waals surface area (Å²) in [6.45, 7) is 2.26. The van der Waals surface area contributed by atoms with Crippen LogP contribution in [0.1, 0.15) is 24.3 Å². The Kier molecular flexibility index (Phi) is 5.27. The summed E-state index contributed by atoms with van der Waals surface area (Å²) in [6.07, 6.45) is -0.317. The minimum absolute atomic E-state index is 0.0400. The zero-order chi connectivity index (χ0) is 24.4. The third-order valence-corrected chi connectivity index (χ3v) is 8.80. The monoisotopic (exact) mass is 522 g/mol. The highest BCUT2D eigenvalue weighted by atomic mass is 32.2. The molecule has 4 heterocycles. The number of hydrogen-bond acceptors (Lipinski definition) is 10. The number of fused-ring (bicyclic) bond motifs is 3. The Labute approximate surface area is 202 Å². The quantitative estimate of drug-likeness (QED) is 0.491. The largest absolute Gasteiger partial charge is 0.378 e. The van der Waals surface area contributed by atoms with Crippen LogP contribution in [-0.4, -0.2) is 72.3 Å². The van der Waals surface area contributed by atoms with E-state index >= 15 is 0 Å². The van der Waals surface area contributed by atoms with Gasteiger partial charge in [0.2, 0.25) is 15.2 Å². The predicted molar refractivity (Wildman–Crippen MR) is 121 cm³/mol. The van der Waals surface area contributed by atoms with Crippen molar-refractivity contribution in [1.29, 1.82) is 5.26 Å². The second kappa shape index (κ2) is 8.14. The second-order valence-corrected chi connectivity index (χ2v) is 11.6. The Morgan fingerprint density at radius 3 is 2.63 bits per heavy atom. The van der Waals surface area contributed by atoms with Crippen LogP contribution in [0.2, 0.25) is 0 Å². The number of hydrogen-bond donors (Lipinski definition) is 2. The summed E-state index contributed by atoms with van der Waals surface area (Å²) in [7, 11) is -4.06. The van der Waals surface area contributed by atoms with Crippen LogP contribution in [-0.2, 0) is 14.8 Å². The lowest BCUT2D eigenvalue weighted by atomic mass is 10.1. The van der Waals surface area contributed by atoms with Gasteiger partial charge in [0.25, 0.3) is 6.43 Å². The van der Waals surface area contributed by atoms with E-state index in [4.69, 9.17) is 4.74 Å². The van der Waals surface area contributed by atoms with Gasteiger partial charge < -0.3 is 15.0 Å². The SMILES string of the molecule is N#CC1(NS(=O)(=O)c2cc(N3C[C@H]4COC[C@@H](C3)N4)c3cnn(-c4nnc(C(F)F)s4)c3c2)CC1. The molecule has 1 aromatic carbocycles. The first kappa shape index (κ1) is 22.7. The number of nitrogens with one attached hydrogen (secondary N) is 2. The standard InChI is InChI=1S/C20H20F2N8O3S2/c21-17(22)18-26-27-19(34-18)30-16-4-13(35(31,32)28-20(10-23)1-2-20)3-15(14(16)5-24-30)29-6-11-8-33-9-12(7-29)25-11/h3-5,11-12,17,25,28H,1-2,6-9H2/t11-,12+. The van der Waals surface area contributed by atoms with Gasteiger partial charge in [-0.3, -0.25) is 0 Å². The van der Waals surface area contributed by atoms with Crippen LogP contribution < -0.4 is 14.9 Å². The van der Waals surface area contributed by atoms with Crippen LogP contribution in [0.15, 0.2) is 23.2 Å². The Morgan fingerprint density at radius 2 is 2.00 bits per heavy atom. The van der Waals surface area contributed by atoms with Crippen molar-refractivity contribution in [2.45, 2.75) is 41.8 Å². The molecule has 15 heteroatoms. The number of nitriles is 1. The summed E-state index contributed by atoms with van der Waals surface area (Å²) >= 11 is 0.685. The van der Waals surface area contributed by atoms with E-state index < -0.39 is 27.0 Å². The van der Waals surface area contributed by atoms with Gasteiger partial charge in [-0.1, -0.05) is 11.3 Å². The molecule has 2 aliphatic heterocycles. The van der Waals surface area contributed by atoms with Gasteiger partial charge in [0, 0.05) is 36.2 Å². The predicted octanol–water partition coefficient (Wildman–Crippen LogP) is 1.33. The molecule has 11 nitrogen and oxygen atoms in total. The van der Waals surface area contributed by atoms with Crippen molar-refractivity contribution in [3.63, 3.8) is 0 Å². The van der Waals surface area contributed by atoms with E-state index in [-0.39, 0.29) is 22.1 Å². The van der Waals surface area contributed by atoms with Gasteiger partial charge in [-0.2, -0.15) is 15.1 Å². The highest BCUT2D eigenvalue weighted by Crippen LogP contribution is 2.38. The third-order valence-electron chi connectivity index (χ3n) is 6.37. The van der Waals surface area contributed by atoms with Crippen molar-refractivity contribution in [1.82, 2.24) is 30.0 Å². The minimum atomic E-state index is -4.06. The first-order valence-corrected chi connectivity index (χ1v) is 13.2. The van der Waals surface area contributed by atoms with Gasteiger partial charge in [0.15, 0.2) is 5.01 Å². The molecular weight excluding hydrogens is 502 g/mol. The molecule has 35 heavy (non-hydrogen) atoms. The van der Waals surface area contributed by atoms with Gasteiger partial charge in [-0.15, -0.1) is 10.2 Å². The maximum absolute atomic E-state index is 13.3. The van der Waals surface area contributed by atoms with Crippen LogP contribution in [0.3, 0.4) is 0 Å². The number of anilines is 1. The number of aromatic nitrogens is 4. The normalized spacial score (nSPS) is 23.5. The summed E-state index contributed by atoms with van der Waals surface area (Å²) < 4.78 is 62.3.